The normalized spacial score (nSPS) is 18.4. The second-order valence-corrected chi connectivity index (χ2v) is 3.66. The third kappa shape index (κ3) is 1.46. The van der Waals surface area contributed by atoms with E-state index in [4.69, 9.17) is 0 Å². The van der Waals surface area contributed by atoms with E-state index in [9.17, 15) is 13.6 Å². The van der Waals surface area contributed by atoms with Gasteiger partial charge in [-0.15, -0.1) is 0 Å². The summed E-state index contributed by atoms with van der Waals surface area (Å²) in [6, 6.07) is 1.65. The first kappa shape index (κ1) is 9.96. The van der Waals surface area contributed by atoms with E-state index in [-0.39, 0.29) is 5.57 Å². The van der Waals surface area contributed by atoms with Gasteiger partial charge in [-0.25, -0.2) is 0 Å². The van der Waals surface area contributed by atoms with E-state index in [1.54, 1.807) is 12.3 Å². The van der Waals surface area contributed by atoms with Crippen LogP contribution in [0.4, 0.5) is 8.78 Å². The molecule has 1 aromatic heterocycles. The van der Waals surface area contributed by atoms with Gasteiger partial charge >= 0.3 is 5.92 Å². The minimum absolute atomic E-state index is 0.0168. The van der Waals surface area contributed by atoms with Gasteiger partial charge in [-0.2, -0.15) is 8.78 Å². The molecular formula is C11H9F2NO. The number of alkyl halides is 2. The quantitative estimate of drug-likeness (QED) is 0.710. The summed E-state index contributed by atoms with van der Waals surface area (Å²) < 4.78 is 25.2. The maximum absolute atomic E-state index is 12.6. The third-order valence-corrected chi connectivity index (χ3v) is 2.52. The zero-order chi connectivity index (χ0) is 11.2. The molecule has 0 saturated heterocycles. The maximum atomic E-state index is 12.6. The standard InChI is InChI=1S/C11H9F2NO/c1-6-3-9(14-5-7(6)2)8-4-11(12,13)10(8)15/h3-5H,1-2H3. The largest absolute Gasteiger partial charge is 0.329 e. The van der Waals surface area contributed by atoms with Crippen molar-refractivity contribution in [3.63, 3.8) is 0 Å². The molecule has 1 aliphatic rings. The van der Waals surface area contributed by atoms with E-state index in [1.165, 1.54) is 0 Å². The SMILES string of the molecule is Cc1cnc(C2=CC(F)(F)C2=O)cc1C. The number of Topliss-reactive ketones (excluding diaryl/α,β-unsaturated/α-hetero) is 1. The molecule has 0 atom stereocenters. The molecule has 0 fully saturated rings. The molecule has 4 heteroatoms. The molecule has 0 aromatic carbocycles. The van der Waals surface area contributed by atoms with Crippen LogP contribution < -0.4 is 0 Å². The van der Waals surface area contributed by atoms with E-state index in [0.717, 1.165) is 11.1 Å². The number of hydrogen-bond donors (Lipinski definition) is 0. The molecule has 1 heterocycles. The van der Waals surface area contributed by atoms with Crippen LogP contribution in [0, 0.1) is 13.8 Å². The Kier molecular flexibility index (Phi) is 1.96. The number of ketones is 1. The molecule has 0 spiro atoms. The fraction of sp³-hybridized carbons (Fsp3) is 0.273. The number of pyridine rings is 1. The van der Waals surface area contributed by atoms with Crippen LogP contribution in [-0.2, 0) is 4.79 Å². The van der Waals surface area contributed by atoms with Crippen LogP contribution >= 0.6 is 0 Å². The molecule has 0 radical (unpaired) electrons. The highest BCUT2D eigenvalue weighted by Gasteiger charge is 2.48. The second kappa shape index (κ2) is 2.95. The van der Waals surface area contributed by atoms with Crippen molar-refractivity contribution < 1.29 is 13.6 Å². The van der Waals surface area contributed by atoms with Crippen molar-refractivity contribution in [2.75, 3.05) is 0 Å². The number of allylic oxidation sites excluding steroid dienone is 2. The maximum Gasteiger partial charge on any atom is 0.329 e. The topological polar surface area (TPSA) is 30.0 Å². The van der Waals surface area contributed by atoms with Gasteiger partial charge in [0.2, 0.25) is 5.78 Å². The summed E-state index contributed by atoms with van der Waals surface area (Å²) in [6.45, 7) is 3.72. The van der Waals surface area contributed by atoms with Crippen LogP contribution in [0.25, 0.3) is 5.57 Å². The van der Waals surface area contributed by atoms with E-state index in [1.807, 2.05) is 13.8 Å². The summed E-state index contributed by atoms with van der Waals surface area (Å²) >= 11 is 0. The van der Waals surface area contributed by atoms with Crippen LogP contribution in [-0.4, -0.2) is 16.7 Å². The molecule has 0 bridgehead atoms. The highest BCUT2D eigenvalue weighted by atomic mass is 19.3. The summed E-state index contributed by atoms with van der Waals surface area (Å²) in [4.78, 5) is 15.0. The molecule has 0 unspecified atom stereocenters. The second-order valence-electron chi connectivity index (χ2n) is 3.66. The summed E-state index contributed by atoms with van der Waals surface area (Å²) in [6.07, 6.45) is 2.24. The van der Waals surface area contributed by atoms with Gasteiger partial charge in [0.25, 0.3) is 0 Å². The lowest BCUT2D eigenvalue weighted by Gasteiger charge is -2.22. The molecule has 0 aliphatic heterocycles. The molecule has 2 nitrogen and oxygen atoms in total. The van der Waals surface area contributed by atoms with Crippen molar-refractivity contribution in [1.82, 2.24) is 4.98 Å². The molecular weight excluding hydrogens is 200 g/mol. The molecule has 0 amide bonds. The fourth-order valence-electron chi connectivity index (χ4n) is 1.38. The lowest BCUT2D eigenvalue weighted by Crippen LogP contribution is -2.36. The van der Waals surface area contributed by atoms with E-state index in [0.29, 0.717) is 11.8 Å². The van der Waals surface area contributed by atoms with Gasteiger partial charge in [0.15, 0.2) is 0 Å². The lowest BCUT2D eigenvalue weighted by molar-refractivity contribution is -0.133. The van der Waals surface area contributed by atoms with Crippen LogP contribution in [0.2, 0.25) is 0 Å². The molecule has 0 saturated carbocycles. The number of carbonyl (C=O) groups is 1. The summed E-state index contributed by atoms with van der Waals surface area (Å²) in [5.41, 5.74) is 2.25. The van der Waals surface area contributed by atoms with Gasteiger partial charge in [-0.05, 0) is 31.0 Å². The average molecular weight is 209 g/mol. The highest BCUT2D eigenvalue weighted by Crippen LogP contribution is 2.37. The number of rotatable bonds is 1. The van der Waals surface area contributed by atoms with E-state index >= 15 is 0 Å². The Labute approximate surface area is 85.6 Å². The smallest absolute Gasteiger partial charge is 0.287 e. The Morgan fingerprint density at radius 1 is 1.27 bits per heavy atom. The number of carbonyl (C=O) groups excluding carboxylic acids is 1. The monoisotopic (exact) mass is 209 g/mol. The number of nitrogens with zero attached hydrogens (tertiary/aromatic N) is 1. The number of halogens is 2. The van der Waals surface area contributed by atoms with Crippen molar-refractivity contribution in [2.45, 2.75) is 19.8 Å². The molecule has 2 rings (SSSR count). The van der Waals surface area contributed by atoms with Gasteiger partial charge in [0, 0.05) is 12.3 Å². The van der Waals surface area contributed by atoms with E-state index in [2.05, 4.69) is 4.98 Å². The first-order valence-electron chi connectivity index (χ1n) is 4.51. The predicted molar refractivity (Wildman–Crippen MR) is 51.6 cm³/mol. The minimum atomic E-state index is -3.30. The molecule has 1 aromatic rings. The van der Waals surface area contributed by atoms with Gasteiger partial charge < -0.3 is 0 Å². The predicted octanol–water partition coefficient (Wildman–Crippen LogP) is 2.30. The van der Waals surface area contributed by atoms with Gasteiger partial charge in [-0.1, -0.05) is 0 Å². The summed E-state index contributed by atoms with van der Waals surface area (Å²) in [7, 11) is 0. The Balaban J connectivity index is 2.42. The number of aromatic nitrogens is 1. The molecule has 0 N–H and O–H groups in total. The zero-order valence-corrected chi connectivity index (χ0v) is 8.34. The van der Waals surface area contributed by atoms with Crippen molar-refractivity contribution in [3.8, 4) is 0 Å². The number of aryl methyl sites for hydroxylation is 2. The Hall–Kier alpha value is -1.58. The van der Waals surface area contributed by atoms with Crippen molar-refractivity contribution >= 4 is 11.4 Å². The first-order valence-corrected chi connectivity index (χ1v) is 4.51. The van der Waals surface area contributed by atoms with Crippen LogP contribution in [0.5, 0.6) is 0 Å². The Morgan fingerprint density at radius 3 is 2.40 bits per heavy atom. The van der Waals surface area contributed by atoms with Crippen LogP contribution in [0.15, 0.2) is 18.3 Å². The van der Waals surface area contributed by atoms with Crippen molar-refractivity contribution in [3.05, 3.63) is 35.2 Å². The molecule has 1 aliphatic carbocycles. The van der Waals surface area contributed by atoms with Crippen LogP contribution in [0.3, 0.4) is 0 Å². The molecule has 78 valence electrons. The zero-order valence-electron chi connectivity index (χ0n) is 8.34. The highest BCUT2D eigenvalue weighted by molar-refractivity contribution is 6.31. The lowest BCUT2D eigenvalue weighted by atomic mass is 9.89. The number of hydrogen-bond acceptors (Lipinski definition) is 2. The van der Waals surface area contributed by atoms with Gasteiger partial charge in [0.1, 0.15) is 0 Å². The Morgan fingerprint density at radius 2 is 1.93 bits per heavy atom. The fourth-order valence-corrected chi connectivity index (χ4v) is 1.38. The van der Waals surface area contributed by atoms with Crippen molar-refractivity contribution in [1.29, 1.82) is 0 Å². The minimum Gasteiger partial charge on any atom is -0.287 e. The summed E-state index contributed by atoms with van der Waals surface area (Å²) in [5.74, 6) is -4.44. The van der Waals surface area contributed by atoms with Gasteiger partial charge in [-0.3, -0.25) is 9.78 Å². The van der Waals surface area contributed by atoms with Crippen molar-refractivity contribution in [2.24, 2.45) is 0 Å². The average Bonchev–Trinajstić information content (AvgIpc) is 2.19. The first-order chi connectivity index (χ1) is 6.92. The molecule has 15 heavy (non-hydrogen) atoms. The van der Waals surface area contributed by atoms with Gasteiger partial charge in [0.05, 0.1) is 11.3 Å². The Bertz CT molecular complexity index is 477. The summed E-state index contributed by atoms with van der Waals surface area (Å²) in [5, 5.41) is 0. The van der Waals surface area contributed by atoms with E-state index < -0.39 is 11.7 Å². The van der Waals surface area contributed by atoms with Crippen LogP contribution in [0.1, 0.15) is 16.8 Å². The third-order valence-electron chi connectivity index (χ3n) is 2.52.